The van der Waals surface area contributed by atoms with Gasteiger partial charge in [-0.3, -0.25) is 14.5 Å². The zero-order valence-electron chi connectivity index (χ0n) is 9.81. The number of nitriles is 1. The van der Waals surface area contributed by atoms with Crippen molar-refractivity contribution in [2.45, 2.75) is 12.6 Å². The van der Waals surface area contributed by atoms with E-state index in [1.54, 1.807) is 12.1 Å². The lowest BCUT2D eigenvalue weighted by molar-refractivity contribution is 0.0581. The Kier molecular flexibility index (Phi) is 2.15. The fourth-order valence-corrected chi connectivity index (χ4v) is 1.67. The molecule has 1 aliphatic rings. The van der Waals surface area contributed by atoms with E-state index in [9.17, 15) is 14.0 Å². The Morgan fingerprint density at radius 1 is 1.41 bits per heavy atom. The molecule has 0 bridgehead atoms. The van der Waals surface area contributed by atoms with Crippen molar-refractivity contribution in [3.05, 3.63) is 35.4 Å². The number of amides is 2. The number of rotatable bonds is 2. The maximum Gasteiger partial charge on any atom is 0.261 e. The van der Waals surface area contributed by atoms with E-state index in [-0.39, 0.29) is 11.1 Å². The maximum atomic E-state index is 13.8. The SMILES string of the molecule is [2H]C[C@](F)(C#N)CN1C(=O)c2ccccc2C1=O. The quantitative estimate of drug-likeness (QED) is 0.728. The maximum absolute atomic E-state index is 13.8. The Bertz CT molecular complexity index is 534. The summed E-state index contributed by atoms with van der Waals surface area (Å²) in [6, 6.07) is 7.48. The first-order chi connectivity index (χ1) is 8.52. The molecule has 1 atom stereocenters. The second kappa shape index (κ2) is 3.67. The first-order valence-corrected chi connectivity index (χ1v) is 4.87. The van der Waals surface area contributed by atoms with Gasteiger partial charge in [0.15, 0.2) is 0 Å². The van der Waals surface area contributed by atoms with Crippen molar-refractivity contribution in [1.82, 2.24) is 4.90 Å². The third-order valence-electron chi connectivity index (χ3n) is 2.49. The van der Waals surface area contributed by atoms with Crippen LogP contribution in [-0.4, -0.2) is 28.9 Å². The minimum absolute atomic E-state index is 0.202. The number of benzene rings is 1. The average molecular weight is 233 g/mol. The predicted molar refractivity (Wildman–Crippen MR) is 56.9 cm³/mol. The molecule has 0 saturated carbocycles. The van der Waals surface area contributed by atoms with Crippen molar-refractivity contribution in [1.29, 1.82) is 5.26 Å². The van der Waals surface area contributed by atoms with Crippen LogP contribution in [-0.2, 0) is 0 Å². The van der Waals surface area contributed by atoms with Crippen molar-refractivity contribution in [2.75, 3.05) is 6.54 Å². The Morgan fingerprint density at radius 3 is 2.35 bits per heavy atom. The van der Waals surface area contributed by atoms with E-state index in [4.69, 9.17) is 6.63 Å². The summed E-state index contributed by atoms with van der Waals surface area (Å²) < 4.78 is 20.7. The molecule has 0 aromatic heterocycles. The minimum atomic E-state index is -2.52. The fraction of sp³-hybridized carbons (Fsp3) is 0.250. The topological polar surface area (TPSA) is 61.2 Å². The highest BCUT2D eigenvalue weighted by atomic mass is 19.1. The molecule has 1 aromatic carbocycles. The van der Waals surface area contributed by atoms with Gasteiger partial charge in [-0.15, -0.1) is 0 Å². The molecule has 0 spiro atoms. The minimum Gasteiger partial charge on any atom is -0.270 e. The van der Waals surface area contributed by atoms with Gasteiger partial charge in [0, 0.05) is 1.37 Å². The molecule has 0 radical (unpaired) electrons. The highest BCUT2D eigenvalue weighted by Crippen LogP contribution is 2.24. The third-order valence-corrected chi connectivity index (χ3v) is 2.49. The lowest BCUT2D eigenvalue weighted by Crippen LogP contribution is -2.40. The number of imide groups is 1. The van der Waals surface area contributed by atoms with Gasteiger partial charge < -0.3 is 0 Å². The number of carbonyl (C=O) groups excluding carboxylic acids is 2. The highest BCUT2D eigenvalue weighted by Gasteiger charge is 2.39. The molecule has 2 amide bonds. The molecule has 86 valence electrons. The van der Waals surface area contributed by atoms with Gasteiger partial charge in [0.2, 0.25) is 5.67 Å². The summed E-state index contributed by atoms with van der Waals surface area (Å²) in [7, 11) is 0. The van der Waals surface area contributed by atoms with Gasteiger partial charge in [-0.25, -0.2) is 4.39 Å². The summed E-state index contributed by atoms with van der Waals surface area (Å²) in [5.41, 5.74) is -2.12. The van der Waals surface area contributed by atoms with Gasteiger partial charge in [0.05, 0.1) is 17.7 Å². The van der Waals surface area contributed by atoms with Gasteiger partial charge in [-0.1, -0.05) is 12.1 Å². The fourth-order valence-electron chi connectivity index (χ4n) is 1.67. The van der Waals surface area contributed by atoms with Crippen LogP contribution in [0.4, 0.5) is 4.39 Å². The molecular weight excluding hydrogens is 223 g/mol. The number of carbonyl (C=O) groups is 2. The highest BCUT2D eigenvalue weighted by molar-refractivity contribution is 6.21. The summed E-state index contributed by atoms with van der Waals surface area (Å²) in [4.78, 5) is 24.5. The van der Waals surface area contributed by atoms with Crippen molar-refractivity contribution in [3.8, 4) is 6.07 Å². The van der Waals surface area contributed by atoms with Crippen LogP contribution < -0.4 is 0 Å². The largest absolute Gasteiger partial charge is 0.270 e. The van der Waals surface area contributed by atoms with Crippen LogP contribution in [0.5, 0.6) is 0 Å². The van der Waals surface area contributed by atoms with Crippen molar-refractivity contribution < 1.29 is 15.4 Å². The number of hydrogen-bond acceptors (Lipinski definition) is 3. The number of hydrogen-bond donors (Lipinski definition) is 0. The van der Waals surface area contributed by atoms with Crippen LogP contribution in [0.3, 0.4) is 0 Å². The second-order valence-electron chi connectivity index (χ2n) is 3.82. The Hall–Kier alpha value is -2.22. The molecule has 2 rings (SSSR count). The Labute approximate surface area is 98.7 Å². The summed E-state index contributed by atoms with van der Waals surface area (Å²) in [6.07, 6.45) is 0. The number of alkyl halides is 1. The lowest BCUT2D eigenvalue weighted by Gasteiger charge is -2.19. The summed E-state index contributed by atoms with van der Waals surface area (Å²) in [6.45, 7) is -1.53. The number of nitrogens with zero attached hydrogens (tertiary/aromatic N) is 2. The number of halogens is 1. The molecule has 0 aliphatic carbocycles. The van der Waals surface area contributed by atoms with Crippen molar-refractivity contribution in [2.24, 2.45) is 0 Å². The normalized spacial score (nSPS) is 18.4. The lowest BCUT2D eigenvalue weighted by atomic mass is 10.1. The van der Waals surface area contributed by atoms with Crippen molar-refractivity contribution in [3.63, 3.8) is 0 Å². The molecule has 0 unspecified atom stereocenters. The van der Waals surface area contributed by atoms with Gasteiger partial charge in [-0.2, -0.15) is 5.26 Å². The summed E-state index contributed by atoms with van der Waals surface area (Å²) in [5.74, 6) is -1.25. The van der Waals surface area contributed by atoms with E-state index >= 15 is 0 Å². The van der Waals surface area contributed by atoms with Gasteiger partial charge >= 0.3 is 0 Å². The predicted octanol–water partition coefficient (Wildman–Crippen LogP) is 1.53. The van der Waals surface area contributed by atoms with Crippen LogP contribution in [0.1, 0.15) is 29.0 Å². The van der Waals surface area contributed by atoms with E-state index in [1.807, 2.05) is 0 Å². The summed E-state index contributed by atoms with van der Waals surface area (Å²) >= 11 is 0. The van der Waals surface area contributed by atoms with Gasteiger partial charge in [0.1, 0.15) is 6.07 Å². The zero-order valence-corrected chi connectivity index (χ0v) is 8.81. The molecule has 4 nitrogen and oxygen atoms in total. The second-order valence-corrected chi connectivity index (χ2v) is 3.82. The Morgan fingerprint density at radius 2 is 1.94 bits per heavy atom. The first-order valence-electron chi connectivity index (χ1n) is 5.58. The van der Waals surface area contributed by atoms with E-state index in [1.165, 1.54) is 18.2 Å². The van der Waals surface area contributed by atoms with Gasteiger partial charge in [-0.05, 0) is 19.0 Å². The molecule has 0 N–H and O–H groups in total. The average Bonchev–Trinajstić information content (AvgIpc) is 2.64. The molecule has 0 saturated heterocycles. The molecule has 0 fully saturated rings. The van der Waals surface area contributed by atoms with E-state index in [0.717, 1.165) is 0 Å². The van der Waals surface area contributed by atoms with Gasteiger partial charge in [0.25, 0.3) is 11.8 Å². The Balaban J connectivity index is 2.33. The van der Waals surface area contributed by atoms with Crippen LogP contribution in [0, 0.1) is 11.3 Å². The van der Waals surface area contributed by atoms with Crippen molar-refractivity contribution >= 4 is 11.8 Å². The van der Waals surface area contributed by atoms with Crippen LogP contribution in [0.15, 0.2) is 24.3 Å². The molecular formula is C12H9FN2O2. The first kappa shape index (κ1) is 9.97. The van der Waals surface area contributed by atoms with E-state index in [0.29, 0.717) is 4.90 Å². The third kappa shape index (κ3) is 1.78. The standard InChI is InChI=1S/C12H9FN2O2/c1-12(13,6-14)7-15-10(16)8-4-2-3-5-9(8)11(15)17/h2-5H,7H2,1H3/t12-/m0/s1/i1D. The molecule has 5 heteroatoms. The molecule has 17 heavy (non-hydrogen) atoms. The van der Waals surface area contributed by atoms with E-state index < -0.39 is 30.9 Å². The zero-order chi connectivity index (χ0) is 13.3. The van der Waals surface area contributed by atoms with E-state index in [2.05, 4.69) is 0 Å². The van der Waals surface area contributed by atoms with Crippen LogP contribution in [0.2, 0.25) is 0 Å². The number of fused-ring (bicyclic) bond motifs is 1. The molecule has 1 aromatic rings. The smallest absolute Gasteiger partial charge is 0.261 e. The molecule has 1 aliphatic heterocycles. The van der Waals surface area contributed by atoms with Crippen LogP contribution >= 0.6 is 0 Å². The van der Waals surface area contributed by atoms with Crippen LogP contribution in [0.25, 0.3) is 0 Å². The summed E-state index contributed by atoms with van der Waals surface area (Å²) in [5, 5.41) is 8.64. The molecule has 1 heterocycles. The monoisotopic (exact) mass is 233 g/mol.